The SMILES string of the molecule is CCCCCCCCC(CC)OC=C1CCC1. The Morgan fingerprint density at radius 2 is 1.76 bits per heavy atom. The molecule has 0 spiro atoms. The zero-order valence-corrected chi connectivity index (χ0v) is 11.8. The second-order valence-electron chi connectivity index (χ2n) is 5.35. The third kappa shape index (κ3) is 6.75. The lowest BCUT2D eigenvalue weighted by Gasteiger charge is -2.19. The normalized spacial score (nSPS) is 16.5. The molecule has 17 heavy (non-hydrogen) atoms. The van der Waals surface area contributed by atoms with Gasteiger partial charge in [0.1, 0.15) is 0 Å². The quantitative estimate of drug-likeness (QED) is 0.355. The molecule has 100 valence electrons. The Morgan fingerprint density at radius 1 is 1.06 bits per heavy atom. The van der Waals surface area contributed by atoms with Crippen molar-refractivity contribution >= 4 is 0 Å². The van der Waals surface area contributed by atoms with Gasteiger partial charge >= 0.3 is 0 Å². The Balaban J connectivity index is 1.98. The van der Waals surface area contributed by atoms with Crippen LogP contribution in [-0.2, 0) is 4.74 Å². The van der Waals surface area contributed by atoms with Gasteiger partial charge in [0, 0.05) is 0 Å². The fraction of sp³-hybridized carbons (Fsp3) is 0.875. The van der Waals surface area contributed by atoms with E-state index in [2.05, 4.69) is 20.1 Å². The summed E-state index contributed by atoms with van der Waals surface area (Å²) in [7, 11) is 0. The van der Waals surface area contributed by atoms with Crippen LogP contribution < -0.4 is 0 Å². The van der Waals surface area contributed by atoms with Crippen LogP contribution in [0.1, 0.15) is 84.5 Å². The van der Waals surface area contributed by atoms with Gasteiger partial charge in [0.15, 0.2) is 0 Å². The van der Waals surface area contributed by atoms with Crippen LogP contribution in [0.2, 0.25) is 0 Å². The number of ether oxygens (including phenoxy) is 1. The molecule has 0 amide bonds. The van der Waals surface area contributed by atoms with Crippen LogP contribution >= 0.6 is 0 Å². The van der Waals surface area contributed by atoms with Gasteiger partial charge in [0.2, 0.25) is 0 Å². The monoisotopic (exact) mass is 238 g/mol. The summed E-state index contributed by atoms with van der Waals surface area (Å²) < 4.78 is 5.86. The molecule has 1 atom stereocenters. The fourth-order valence-corrected chi connectivity index (χ4v) is 2.21. The van der Waals surface area contributed by atoms with E-state index in [9.17, 15) is 0 Å². The molecule has 0 aliphatic heterocycles. The Morgan fingerprint density at radius 3 is 2.35 bits per heavy atom. The molecule has 0 aromatic heterocycles. The maximum Gasteiger partial charge on any atom is 0.0975 e. The van der Waals surface area contributed by atoms with Crippen molar-refractivity contribution in [2.75, 3.05) is 0 Å². The maximum absolute atomic E-state index is 5.86. The first-order chi connectivity index (χ1) is 8.36. The summed E-state index contributed by atoms with van der Waals surface area (Å²) in [6, 6.07) is 0. The van der Waals surface area contributed by atoms with Crippen molar-refractivity contribution in [2.45, 2.75) is 90.6 Å². The molecular formula is C16H30O. The predicted octanol–water partition coefficient (Wildman–Crippen LogP) is 5.60. The first kappa shape index (κ1) is 14.6. The van der Waals surface area contributed by atoms with Gasteiger partial charge in [-0.3, -0.25) is 0 Å². The smallest absolute Gasteiger partial charge is 0.0975 e. The average Bonchev–Trinajstić information content (AvgIpc) is 2.29. The minimum absolute atomic E-state index is 0.467. The van der Waals surface area contributed by atoms with Crippen LogP contribution in [0, 0.1) is 0 Å². The fourth-order valence-electron chi connectivity index (χ4n) is 2.21. The standard InChI is InChI=1S/C16H30O/c1-3-5-6-7-8-9-13-16(4-2)17-14-15-11-10-12-15/h14,16H,3-13H2,1-2H3. The number of hydrogen-bond donors (Lipinski definition) is 0. The van der Waals surface area contributed by atoms with E-state index in [1.807, 2.05) is 0 Å². The van der Waals surface area contributed by atoms with Gasteiger partial charge in [0.25, 0.3) is 0 Å². The minimum atomic E-state index is 0.467. The Kier molecular flexibility index (Phi) is 8.21. The topological polar surface area (TPSA) is 9.23 Å². The summed E-state index contributed by atoms with van der Waals surface area (Å²) in [5.41, 5.74) is 1.52. The Labute approximate surface area is 108 Å². The third-order valence-corrected chi connectivity index (χ3v) is 3.76. The van der Waals surface area contributed by atoms with Gasteiger partial charge in [-0.25, -0.2) is 0 Å². The van der Waals surface area contributed by atoms with Crippen molar-refractivity contribution in [1.29, 1.82) is 0 Å². The third-order valence-electron chi connectivity index (χ3n) is 3.76. The molecule has 1 unspecified atom stereocenters. The van der Waals surface area contributed by atoms with Gasteiger partial charge in [-0.1, -0.05) is 46.0 Å². The van der Waals surface area contributed by atoms with E-state index in [0.29, 0.717) is 6.10 Å². The summed E-state index contributed by atoms with van der Waals surface area (Å²) >= 11 is 0. The van der Waals surface area contributed by atoms with Crippen LogP contribution in [0.25, 0.3) is 0 Å². The van der Waals surface area contributed by atoms with Crippen molar-refractivity contribution in [2.24, 2.45) is 0 Å². The molecule has 1 rings (SSSR count). The minimum Gasteiger partial charge on any atom is -0.498 e. The van der Waals surface area contributed by atoms with E-state index in [1.165, 1.54) is 69.8 Å². The molecule has 1 nitrogen and oxygen atoms in total. The molecule has 0 aromatic carbocycles. The van der Waals surface area contributed by atoms with Crippen LogP contribution in [0.5, 0.6) is 0 Å². The first-order valence-electron chi connectivity index (χ1n) is 7.70. The lowest BCUT2D eigenvalue weighted by Crippen LogP contribution is -2.09. The lowest BCUT2D eigenvalue weighted by molar-refractivity contribution is 0.124. The van der Waals surface area contributed by atoms with E-state index < -0.39 is 0 Å². The molecule has 1 heteroatoms. The Bertz CT molecular complexity index is 202. The van der Waals surface area contributed by atoms with Gasteiger partial charge in [-0.15, -0.1) is 0 Å². The highest BCUT2D eigenvalue weighted by atomic mass is 16.5. The lowest BCUT2D eigenvalue weighted by atomic mass is 9.94. The summed E-state index contributed by atoms with van der Waals surface area (Å²) in [5.74, 6) is 0. The zero-order valence-electron chi connectivity index (χ0n) is 11.8. The van der Waals surface area contributed by atoms with E-state index in [-0.39, 0.29) is 0 Å². The molecule has 1 fully saturated rings. The van der Waals surface area contributed by atoms with E-state index in [0.717, 1.165) is 6.42 Å². The summed E-state index contributed by atoms with van der Waals surface area (Å²) in [5, 5.41) is 0. The molecule has 0 aromatic rings. The van der Waals surface area contributed by atoms with E-state index in [1.54, 1.807) is 0 Å². The van der Waals surface area contributed by atoms with Crippen molar-refractivity contribution in [3.8, 4) is 0 Å². The predicted molar refractivity (Wildman–Crippen MR) is 75.1 cm³/mol. The van der Waals surface area contributed by atoms with Crippen LogP contribution in [-0.4, -0.2) is 6.10 Å². The van der Waals surface area contributed by atoms with Gasteiger partial charge in [-0.05, 0) is 44.1 Å². The molecule has 1 saturated carbocycles. The van der Waals surface area contributed by atoms with Crippen LogP contribution in [0.15, 0.2) is 11.8 Å². The molecule has 0 heterocycles. The van der Waals surface area contributed by atoms with Crippen molar-refractivity contribution in [3.63, 3.8) is 0 Å². The largest absolute Gasteiger partial charge is 0.498 e. The highest BCUT2D eigenvalue weighted by Crippen LogP contribution is 2.25. The molecule has 1 aliphatic carbocycles. The van der Waals surface area contributed by atoms with Crippen molar-refractivity contribution < 1.29 is 4.74 Å². The molecular weight excluding hydrogens is 208 g/mol. The van der Waals surface area contributed by atoms with Gasteiger partial charge in [-0.2, -0.15) is 0 Å². The molecule has 1 aliphatic rings. The average molecular weight is 238 g/mol. The second kappa shape index (κ2) is 9.56. The maximum atomic E-state index is 5.86. The second-order valence-corrected chi connectivity index (χ2v) is 5.35. The highest BCUT2D eigenvalue weighted by Gasteiger charge is 2.10. The summed E-state index contributed by atoms with van der Waals surface area (Å²) in [6.45, 7) is 4.51. The number of rotatable bonds is 10. The van der Waals surface area contributed by atoms with E-state index >= 15 is 0 Å². The number of unbranched alkanes of at least 4 members (excludes halogenated alkanes) is 5. The van der Waals surface area contributed by atoms with Gasteiger partial charge < -0.3 is 4.74 Å². The van der Waals surface area contributed by atoms with Crippen molar-refractivity contribution in [3.05, 3.63) is 11.8 Å². The molecule has 0 bridgehead atoms. The van der Waals surface area contributed by atoms with Gasteiger partial charge in [0.05, 0.1) is 12.4 Å². The summed E-state index contributed by atoms with van der Waals surface area (Å²) in [6.07, 6.45) is 17.1. The first-order valence-corrected chi connectivity index (χ1v) is 7.70. The number of allylic oxidation sites excluding steroid dienone is 1. The zero-order chi connectivity index (χ0) is 12.3. The van der Waals surface area contributed by atoms with Crippen molar-refractivity contribution in [1.82, 2.24) is 0 Å². The Hall–Kier alpha value is -0.460. The summed E-state index contributed by atoms with van der Waals surface area (Å²) in [4.78, 5) is 0. The molecule has 0 radical (unpaired) electrons. The van der Waals surface area contributed by atoms with Crippen LogP contribution in [0.3, 0.4) is 0 Å². The molecule has 0 N–H and O–H groups in total. The van der Waals surface area contributed by atoms with E-state index in [4.69, 9.17) is 4.74 Å². The molecule has 0 saturated heterocycles. The number of hydrogen-bond acceptors (Lipinski definition) is 1. The van der Waals surface area contributed by atoms with Crippen LogP contribution in [0.4, 0.5) is 0 Å². The highest BCUT2D eigenvalue weighted by molar-refractivity contribution is 5.06.